The minimum absolute atomic E-state index is 0. The SMILES string of the molecule is CCN(CC)S(=O)(=O)c1cc(C)c(C)c(NC(=O)C2CCC(N)C2)c1.Cl. The van der Waals surface area contributed by atoms with E-state index in [4.69, 9.17) is 5.73 Å². The zero-order chi connectivity index (χ0) is 18.8. The average Bonchev–Trinajstić information content (AvgIpc) is 2.99. The summed E-state index contributed by atoms with van der Waals surface area (Å²) in [6, 6.07) is 3.32. The molecule has 0 bridgehead atoms. The van der Waals surface area contributed by atoms with Crippen LogP contribution < -0.4 is 11.1 Å². The van der Waals surface area contributed by atoms with Crippen LogP contribution in [0.25, 0.3) is 0 Å². The molecule has 6 nitrogen and oxygen atoms in total. The van der Waals surface area contributed by atoms with Crippen LogP contribution in [0, 0.1) is 19.8 Å². The van der Waals surface area contributed by atoms with E-state index in [1.807, 2.05) is 27.7 Å². The van der Waals surface area contributed by atoms with Crippen LogP contribution >= 0.6 is 12.4 Å². The van der Waals surface area contributed by atoms with E-state index in [1.54, 1.807) is 12.1 Å². The number of carbonyl (C=O) groups is 1. The molecule has 0 spiro atoms. The Labute approximate surface area is 163 Å². The smallest absolute Gasteiger partial charge is 0.243 e. The second-order valence-electron chi connectivity index (χ2n) is 6.76. The number of hydrogen-bond donors (Lipinski definition) is 2. The molecular weight excluding hydrogens is 374 g/mol. The van der Waals surface area contributed by atoms with Gasteiger partial charge >= 0.3 is 0 Å². The summed E-state index contributed by atoms with van der Waals surface area (Å²) in [4.78, 5) is 12.7. The number of carbonyl (C=O) groups excluding carboxylic acids is 1. The molecule has 3 N–H and O–H groups in total. The Morgan fingerprint density at radius 1 is 1.23 bits per heavy atom. The second-order valence-corrected chi connectivity index (χ2v) is 8.70. The van der Waals surface area contributed by atoms with E-state index in [9.17, 15) is 13.2 Å². The number of rotatable bonds is 6. The Balaban J connectivity index is 0.00000338. The van der Waals surface area contributed by atoms with Gasteiger partial charge in [-0.3, -0.25) is 4.79 Å². The Morgan fingerprint density at radius 3 is 2.35 bits per heavy atom. The maximum Gasteiger partial charge on any atom is 0.243 e. The molecule has 0 aliphatic heterocycles. The first kappa shape index (κ1) is 22.9. The molecule has 2 unspecified atom stereocenters. The van der Waals surface area contributed by atoms with Crippen molar-refractivity contribution in [3.05, 3.63) is 23.3 Å². The largest absolute Gasteiger partial charge is 0.328 e. The highest BCUT2D eigenvalue weighted by molar-refractivity contribution is 7.89. The lowest BCUT2D eigenvalue weighted by molar-refractivity contribution is -0.119. The van der Waals surface area contributed by atoms with Crippen LogP contribution in [0.15, 0.2) is 17.0 Å². The first-order chi connectivity index (χ1) is 11.7. The summed E-state index contributed by atoms with van der Waals surface area (Å²) >= 11 is 0. The van der Waals surface area contributed by atoms with Gasteiger partial charge in [0.15, 0.2) is 0 Å². The van der Waals surface area contributed by atoms with E-state index < -0.39 is 10.0 Å². The van der Waals surface area contributed by atoms with E-state index in [0.717, 1.165) is 24.0 Å². The molecule has 0 radical (unpaired) electrons. The summed E-state index contributed by atoms with van der Waals surface area (Å²) in [5, 5.41) is 2.92. The highest BCUT2D eigenvalue weighted by atomic mass is 35.5. The summed E-state index contributed by atoms with van der Waals surface area (Å²) in [7, 11) is -3.56. The number of anilines is 1. The van der Waals surface area contributed by atoms with Gasteiger partial charge in [0, 0.05) is 30.7 Å². The number of nitrogens with one attached hydrogen (secondary N) is 1. The van der Waals surface area contributed by atoms with Gasteiger partial charge in [-0.2, -0.15) is 4.31 Å². The highest BCUT2D eigenvalue weighted by Crippen LogP contribution is 2.29. The van der Waals surface area contributed by atoms with Crippen LogP contribution in [0.1, 0.15) is 44.2 Å². The molecule has 0 saturated heterocycles. The summed E-state index contributed by atoms with van der Waals surface area (Å²) in [6.07, 6.45) is 2.32. The molecule has 1 aromatic carbocycles. The zero-order valence-corrected chi connectivity index (χ0v) is 17.5. The van der Waals surface area contributed by atoms with Crippen LogP contribution in [-0.2, 0) is 14.8 Å². The minimum Gasteiger partial charge on any atom is -0.328 e. The van der Waals surface area contributed by atoms with Crippen molar-refractivity contribution >= 4 is 34.0 Å². The number of benzene rings is 1. The maximum absolute atomic E-state index is 12.8. The standard InChI is InChI=1S/C18H29N3O3S.ClH/c1-5-21(6-2)25(23,24)16-9-12(3)13(4)17(11-16)20-18(22)14-7-8-15(19)10-14;/h9,11,14-15H,5-8,10,19H2,1-4H3,(H,20,22);1H. The molecule has 1 fully saturated rings. The molecule has 0 aromatic heterocycles. The predicted molar refractivity (Wildman–Crippen MR) is 107 cm³/mol. The number of sulfonamides is 1. The Hall–Kier alpha value is -1.15. The molecular formula is C18H30ClN3O3S. The van der Waals surface area contributed by atoms with Crippen LogP contribution in [0.3, 0.4) is 0 Å². The van der Waals surface area contributed by atoms with Crippen LogP contribution in [0.2, 0.25) is 0 Å². The number of hydrogen-bond acceptors (Lipinski definition) is 4. The predicted octanol–water partition coefficient (Wildman–Crippen LogP) is 2.82. The molecule has 1 aliphatic rings. The number of aryl methyl sites for hydroxylation is 1. The molecule has 1 aromatic rings. The third-order valence-corrected chi connectivity index (χ3v) is 7.11. The number of halogens is 1. The van der Waals surface area contributed by atoms with Crippen molar-refractivity contribution in [3.63, 3.8) is 0 Å². The molecule has 2 rings (SSSR count). The maximum atomic E-state index is 12.8. The van der Waals surface area contributed by atoms with Crippen molar-refractivity contribution in [2.75, 3.05) is 18.4 Å². The second kappa shape index (κ2) is 9.17. The van der Waals surface area contributed by atoms with E-state index in [2.05, 4.69) is 5.32 Å². The van der Waals surface area contributed by atoms with E-state index in [0.29, 0.717) is 25.2 Å². The molecule has 0 heterocycles. The minimum atomic E-state index is -3.56. The van der Waals surface area contributed by atoms with Gasteiger partial charge in [0.25, 0.3) is 0 Å². The third-order valence-electron chi connectivity index (χ3n) is 5.09. The Morgan fingerprint density at radius 2 is 1.85 bits per heavy atom. The van der Waals surface area contributed by atoms with Gasteiger partial charge in [0.05, 0.1) is 4.90 Å². The van der Waals surface area contributed by atoms with Gasteiger partial charge in [0.2, 0.25) is 15.9 Å². The lowest BCUT2D eigenvalue weighted by Gasteiger charge is -2.21. The normalized spacial score (nSPS) is 20.1. The fourth-order valence-electron chi connectivity index (χ4n) is 3.31. The lowest BCUT2D eigenvalue weighted by Crippen LogP contribution is -2.31. The van der Waals surface area contributed by atoms with Gasteiger partial charge < -0.3 is 11.1 Å². The van der Waals surface area contributed by atoms with Crippen LogP contribution in [0.4, 0.5) is 5.69 Å². The summed E-state index contributed by atoms with van der Waals surface area (Å²) in [5.74, 6) is -0.175. The molecule has 1 saturated carbocycles. The topological polar surface area (TPSA) is 92.5 Å². The first-order valence-electron chi connectivity index (χ1n) is 8.88. The lowest BCUT2D eigenvalue weighted by atomic mass is 10.0. The molecule has 2 atom stereocenters. The van der Waals surface area contributed by atoms with Crippen molar-refractivity contribution in [1.82, 2.24) is 4.31 Å². The molecule has 8 heteroatoms. The first-order valence-corrected chi connectivity index (χ1v) is 10.3. The van der Waals surface area contributed by atoms with Crippen molar-refractivity contribution in [3.8, 4) is 0 Å². The van der Waals surface area contributed by atoms with Crippen molar-refractivity contribution < 1.29 is 13.2 Å². The fraction of sp³-hybridized carbons (Fsp3) is 0.611. The quantitative estimate of drug-likeness (QED) is 0.763. The third kappa shape index (κ3) is 4.76. The van der Waals surface area contributed by atoms with Gasteiger partial charge in [0.1, 0.15) is 0 Å². The zero-order valence-electron chi connectivity index (χ0n) is 15.9. The highest BCUT2D eigenvalue weighted by Gasteiger charge is 2.29. The van der Waals surface area contributed by atoms with Gasteiger partial charge in [-0.25, -0.2) is 8.42 Å². The molecule has 26 heavy (non-hydrogen) atoms. The summed E-state index contributed by atoms with van der Waals surface area (Å²) in [5.41, 5.74) is 8.18. The van der Waals surface area contributed by atoms with Crippen molar-refractivity contribution in [2.45, 2.75) is 57.9 Å². The Bertz CT molecular complexity index is 748. The monoisotopic (exact) mass is 403 g/mol. The molecule has 1 amide bonds. The van der Waals surface area contributed by atoms with Gasteiger partial charge in [-0.1, -0.05) is 13.8 Å². The summed E-state index contributed by atoms with van der Waals surface area (Å²) in [6.45, 7) is 8.19. The Kier molecular flexibility index (Phi) is 8.07. The number of nitrogens with two attached hydrogens (primary N) is 1. The summed E-state index contributed by atoms with van der Waals surface area (Å²) < 4.78 is 27.0. The van der Waals surface area contributed by atoms with Crippen molar-refractivity contribution in [2.24, 2.45) is 11.7 Å². The number of amides is 1. The van der Waals surface area contributed by atoms with Crippen LogP contribution in [0.5, 0.6) is 0 Å². The van der Waals surface area contributed by atoms with E-state index >= 15 is 0 Å². The van der Waals surface area contributed by atoms with Crippen LogP contribution in [-0.4, -0.2) is 37.8 Å². The fourth-order valence-corrected chi connectivity index (χ4v) is 4.88. The van der Waals surface area contributed by atoms with Crippen molar-refractivity contribution in [1.29, 1.82) is 0 Å². The van der Waals surface area contributed by atoms with E-state index in [-0.39, 0.29) is 35.2 Å². The number of nitrogens with zero attached hydrogens (tertiary/aromatic N) is 1. The van der Waals surface area contributed by atoms with Gasteiger partial charge in [-0.05, 0) is 56.4 Å². The van der Waals surface area contributed by atoms with E-state index in [1.165, 1.54) is 4.31 Å². The average molecular weight is 404 g/mol. The van der Waals surface area contributed by atoms with Gasteiger partial charge in [-0.15, -0.1) is 12.4 Å². The molecule has 148 valence electrons. The molecule has 1 aliphatic carbocycles.